The number of aryl methyl sites for hydroxylation is 2. The Kier molecular flexibility index (Phi) is 5.06. The zero-order valence-electron chi connectivity index (χ0n) is 18.4. The van der Waals surface area contributed by atoms with Crippen LogP contribution in [0.25, 0.3) is 11.0 Å². The minimum absolute atomic E-state index is 0.0868. The molecule has 34 heavy (non-hydrogen) atoms. The summed E-state index contributed by atoms with van der Waals surface area (Å²) in [6, 6.07) is 18.5. The number of allylic oxidation sites excluding steroid dienone is 1. The Hall–Kier alpha value is -4.57. The van der Waals surface area contributed by atoms with Gasteiger partial charge in [-0.15, -0.1) is 0 Å². The van der Waals surface area contributed by atoms with Crippen molar-refractivity contribution >= 4 is 16.9 Å². The maximum atomic E-state index is 13.9. The van der Waals surface area contributed by atoms with Crippen LogP contribution in [0.5, 0.6) is 11.5 Å². The lowest BCUT2D eigenvalue weighted by Crippen LogP contribution is -2.21. The van der Waals surface area contributed by atoms with E-state index in [-0.39, 0.29) is 23.0 Å². The van der Waals surface area contributed by atoms with E-state index in [1.165, 1.54) is 18.2 Å². The molecule has 1 atom stereocenters. The molecule has 2 N–H and O–H groups in total. The van der Waals surface area contributed by atoms with Crippen LogP contribution in [0, 0.1) is 31.0 Å². The van der Waals surface area contributed by atoms with Gasteiger partial charge >= 0.3 is 5.97 Å². The highest BCUT2D eigenvalue weighted by Gasteiger charge is 2.31. The Labute approximate surface area is 194 Å². The first-order valence-electron chi connectivity index (χ1n) is 10.5. The molecule has 3 aromatic carbocycles. The lowest BCUT2D eigenvalue weighted by Gasteiger charge is -2.26. The molecule has 0 amide bonds. The Bertz CT molecular complexity index is 1540. The number of nitriles is 1. The number of carbonyl (C=O) groups excluding carboxylic acids is 1. The van der Waals surface area contributed by atoms with Gasteiger partial charge in [-0.1, -0.05) is 30.3 Å². The summed E-state index contributed by atoms with van der Waals surface area (Å²) in [5, 5.41) is 10.5. The second-order valence-corrected chi connectivity index (χ2v) is 8.12. The van der Waals surface area contributed by atoms with Crippen LogP contribution in [0.4, 0.5) is 4.39 Å². The topological polar surface area (TPSA) is 98.5 Å². The van der Waals surface area contributed by atoms with Gasteiger partial charge in [0, 0.05) is 22.6 Å². The molecule has 6 nitrogen and oxygen atoms in total. The summed E-state index contributed by atoms with van der Waals surface area (Å²) in [5.74, 6) is -1.14. The lowest BCUT2D eigenvalue weighted by atomic mass is 9.83. The van der Waals surface area contributed by atoms with Gasteiger partial charge in [0.2, 0.25) is 11.6 Å². The van der Waals surface area contributed by atoms with Crippen LogP contribution in [0.15, 0.2) is 76.5 Å². The van der Waals surface area contributed by atoms with Crippen molar-refractivity contribution in [2.24, 2.45) is 5.73 Å². The molecule has 1 unspecified atom stereocenters. The molecule has 1 aliphatic rings. The van der Waals surface area contributed by atoms with Crippen molar-refractivity contribution in [2.45, 2.75) is 19.8 Å². The SMILES string of the molecule is Cc1ccc2c(C)c(C(=O)Oc3ccc4c(c3)OC(N)=C(C#N)C4c3cccc(F)c3)oc2c1. The van der Waals surface area contributed by atoms with E-state index in [0.29, 0.717) is 28.0 Å². The zero-order chi connectivity index (χ0) is 24.0. The van der Waals surface area contributed by atoms with Gasteiger partial charge in [-0.3, -0.25) is 0 Å². The summed E-state index contributed by atoms with van der Waals surface area (Å²) < 4.78 is 30.9. The molecule has 0 fully saturated rings. The highest BCUT2D eigenvalue weighted by Crippen LogP contribution is 2.43. The molecular weight excluding hydrogens is 435 g/mol. The largest absolute Gasteiger partial charge is 0.449 e. The molecule has 0 aliphatic carbocycles. The number of rotatable bonds is 3. The van der Waals surface area contributed by atoms with Crippen LogP contribution >= 0.6 is 0 Å². The van der Waals surface area contributed by atoms with Crippen molar-refractivity contribution in [3.63, 3.8) is 0 Å². The van der Waals surface area contributed by atoms with Crippen LogP contribution in [0.3, 0.4) is 0 Å². The van der Waals surface area contributed by atoms with E-state index in [9.17, 15) is 14.4 Å². The number of fused-ring (bicyclic) bond motifs is 2. The summed E-state index contributed by atoms with van der Waals surface area (Å²) >= 11 is 0. The van der Waals surface area contributed by atoms with E-state index in [0.717, 1.165) is 10.9 Å². The number of carbonyl (C=O) groups is 1. The van der Waals surface area contributed by atoms with Gasteiger partial charge in [0.15, 0.2) is 0 Å². The average molecular weight is 454 g/mol. The molecule has 5 rings (SSSR count). The summed E-state index contributed by atoms with van der Waals surface area (Å²) in [4.78, 5) is 12.9. The minimum Gasteiger partial charge on any atom is -0.449 e. The van der Waals surface area contributed by atoms with Gasteiger partial charge in [-0.25, -0.2) is 9.18 Å². The molecule has 0 saturated carbocycles. The van der Waals surface area contributed by atoms with E-state index in [1.807, 2.05) is 25.1 Å². The second kappa shape index (κ2) is 8.09. The van der Waals surface area contributed by atoms with Gasteiger partial charge < -0.3 is 19.6 Å². The van der Waals surface area contributed by atoms with Crippen LogP contribution in [-0.2, 0) is 0 Å². The van der Waals surface area contributed by atoms with E-state index < -0.39 is 17.7 Å². The first-order valence-corrected chi connectivity index (χ1v) is 10.5. The maximum absolute atomic E-state index is 13.9. The number of benzene rings is 3. The monoisotopic (exact) mass is 454 g/mol. The van der Waals surface area contributed by atoms with Crippen LogP contribution in [-0.4, -0.2) is 5.97 Å². The maximum Gasteiger partial charge on any atom is 0.379 e. The Morgan fingerprint density at radius 3 is 2.71 bits per heavy atom. The van der Waals surface area contributed by atoms with E-state index in [1.54, 1.807) is 31.2 Å². The average Bonchev–Trinajstić information content (AvgIpc) is 3.13. The molecule has 0 bridgehead atoms. The van der Waals surface area contributed by atoms with Crippen molar-refractivity contribution in [2.75, 3.05) is 0 Å². The third-order valence-corrected chi connectivity index (χ3v) is 5.86. The quantitative estimate of drug-likeness (QED) is 0.318. The van der Waals surface area contributed by atoms with Gasteiger partial charge in [-0.2, -0.15) is 5.26 Å². The highest BCUT2D eigenvalue weighted by atomic mass is 19.1. The number of nitrogens with two attached hydrogens (primary N) is 1. The standard InChI is InChI=1S/C27H19FN2O4/c1-14-6-8-19-15(2)25(33-22(19)10-14)27(31)32-18-7-9-20-23(12-18)34-26(30)21(13-29)24(20)16-4-3-5-17(28)11-16/h3-12,24H,30H2,1-2H3. The summed E-state index contributed by atoms with van der Waals surface area (Å²) in [5.41, 5.74) is 9.66. The first-order chi connectivity index (χ1) is 16.4. The fraction of sp³-hybridized carbons (Fsp3) is 0.111. The number of halogens is 1. The zero-order valence-corrected chi connectivity index (χ0v) is 18.4. The predicted molar refractivity (Wildman–Crippen MR) is 123 cm³/mol. The number of nitrogens with zero attached hydrogens (tertiary/aromatic N) is 1. The molecule has 2 heterocycles. The van der Waals surface area contributed by atoms with Crippen LogP contribution in [0.2, 0.25) is 0 Å². The third-order valence-electron chi connectivity index (χ3n) is 5.86. The highest BCUT2D eigenvalue weighted by molar-refractivity contribution is 5.97. The molecule has 168 valence electrons. The molecule has 1 aliphatic heterocycles. The Morgan fingerprint density at radius 1 is 1.12 bits per heavy atom. The minimum atomic E-state index is -0.648. The molecule has 1 aromatic heterocycles. The summed E-state index contributed by atoms with van der Waals surface area (Å²) in [6.07, 6.45) is 0. The number of furan rings is 1. The van der Waals surface area contributed by atoms with Crippen molar-refractivity contribution in [1.29, 1.82) is 5.26 Å². The molecule has 0 spiro atoms. The number of hydrogen-bond donors (Lipinski definition) is 1. The molecule has 0 saturated heterocycles. The van der Waals surface area contributed by atoms with E-state index in [2.05, 4.69) is 6.07 Å². The lowest BCUT2D eigenvalue weighted by molar-refractivity contribution is 0.0702. The van der Waals surface area contributed by atoms with Gasteiger partial charge in [0.05, 0.1) is 5.92 Å². The Balaban J connectivity index is 1.49. The summed E-state index contributed by atoms with van der Waals surface area (Å²) in [7, 11) is 0. The van der Waals surface area contributed by atoms with E-state index >= 15 is 0 Å². The fourth-order valence-electron chi connectivity index (χ4n) is 4.21. The fourth-order valence-corrected chi connectivity index (χ4v) is 4.21. The van der Waals surface area contributed by atoms with Crippen LogP contribution < -0.4 is 15.2 Å². The van der Waals surface area contributed by atoms with Gasteiger partial charge in [-0.05, 0) is 49.2 Å². The number of ether oxygens (including phenoxy) is 2. The number of esters is 1. The predicted octanol–water partition coefficient (Wildman–Crippen LogP) is 5.63. The van der Waals surface area contributed by atoms with Crippen LogP contribution in [0.1, 0.15) is 38.7 Å². The normalized spacial score (nSPS) is 14.9. The molecule has 4 aromatic rings. The molecule has 7 heteroatoms. The molecular formula is C27H19FN2O4. The van der Waals surface area contributed by atoms with Crippen molar-refractivity contribution in [3.8, 4) is 17.6 Å². The third kappa shape index (κ3) is 3.55. The number of hydrogen-bond acceptors (Lipinski definition) is 6. The van der Waals surface area contributed by atoms with Gasteiger partial charge in [0.1, 0.15) is 34.5 Å². The summed E-state index contributed by atoms with van der Waals surface area (Å²) in [6.45, 7) is 3.74. The Morgan fingerprint density at radius 2 is 1.94 bits per heavy atom. The second-order valence-electron chi connectivity index (χ2n) is 8.12. The van der Waals surface area contributed by atoms with Gasteiger partial charge in [0.25, 0.3) is 0 Å². The van der Waals surface area contributed by atoms with Crippen molar-refractivity contribution in [3.05, 3.63) is 106 Å². The van der Waals surface area contributed by atoms with E-state index in [4.69, 9.17) is 19.6 Å². The smallest absolute Gasteiger partial charge is 0.379 e. The molecule has 0 radical (unpaired) electrons. The first kappa shape index (κ1) is 21.3. The van der Waals surface area contributed by atoms with Crippen molar-refractivity contribution < 1.29 is 23.1 Å². The van der Waals surface area contributed by atoms with Crippen molar-refractivity contribution in [1.82, 2.24) is 0 Å².